The fraction of sp³-hybridized carbons (Fsp3) is 0.754. The molecule has 2 N–H and O–H groups in total. The van der Waals surface area contributed by atoms with Crippen molar-refractivity contribution < 1.29 is 48.2 Å². The van der Waals surface area contributed by atoms with Gasteiger partial charge in [0.15, 0.2) is 12.6 Å². The number of aryl methyl sites for hydroxylation is 2. The summed E-state index contributed by atoms with van der Waals surface area (Å²) in [4.78, 5) is 26.4. The first-order valence-electron chi connectivity index (χ1n) is 24.8. The molecule has 0 atom stereocenters. The lowest BCUT2D eigenvalue weighted by Crippen LogP contribution is -2.57. The number of benzene rings is 2. The highest BCUT2D eigenvalue weighted by atomic mass is 16.7. The summed E-state index contributed by atoms with van der Waals surface area (Å²) < 4.78 is 36.9. The van der Waals surface area contributed by atoms with Crippen molar-refractivity contribution >= 4 is 11.9 Å². The maximum atomic E-state index is 13.2. The number of carbonyl (C=O) groups is 2. The molecule has 2 saturated heterocycles. The van der Waals surface area contributed by atoms with Crippen molar-refractivity contribution in [1.82, 2.24) is 0 Å². The van der Waals surface area contributed by atoms with Gasteiger partial charge >= 0.3 is 11.9 Å². The van der Waals surface area contributed by atoms with E-state index in [9.17, 15) is 19.8 Å². The number of ether oxygens (including phenoxy) is 6. The van der Waals surface area contributed by atoms with E-state index < -0.39 is 28.8 Å². The molecule has 4 rings (SSSR count). The van der Waals surface area contributed by atoms with Crippen LogP contribution in [-0.2, 0) is 72.5 Å². The lowest BCUT2D eigenvalue weighted by atomic mass is 9.70. The molecule has 0 aromatic heterocycles. The zero-order valence-electron chi connectivity index (χ0n) is 45.6. The number of esters is 2. The Morgan fingerprint density at radius 2 is 0.791 bits per heavy atom. The number of aromatic hydroxyl groups is 2. The lowest BCUT2D eigenvalue weighted by Gasteiger charge is -2.48. The summed E-state index contributed by atoms with van der Waals surface area (Å²) in [5.41, 5.74) is 2.92. The van der Waals surface area contributed by atoms with Crippen LogP contribution in [0, 0.1) is 27.1 Å². The van der Waals surface area contributed by atoms with Gasteiger partial charge in [-0.1, -0.05) is 163 Å². The first-order chi connectivity index (χ1) is 30.3. The summed E-state index contributed by atoms with van der Waals surface area (Å²) in [6.45, 7) is 44.1. The minimum absolute atomic E-state index is 0.0700. The molecule has 1 spiro atoms. The van der Waals surface area contributed by atoms with E-state index in [1.54, 1.807) is 0 Å². The van der Waals surface area contributed by atoms with Gasteiger partial charge in [0, 0.05) is 34.8 Å². The molecule has 380 valence electrons. The van der Waals surface area contributed by atoms with Crippen molar-refractivity contribution in [2.24, 2.45) is 27.1 Å². The average Bonchev–Trinajstić information content (AvgIpc) is 3.16. The predicted molar refractivity (Wildman–Crippen MR) is 268 cm³/mol. The van der Waals surface area contributed by atoms with Gasteiger partial charge in [0.1, 0.15) is 24.7 Å². The molecular weight excluding hydrogens is 845 g/mol. The van der Waals surface area contributed by atoms with Gasteiger partial charge in [0.25, 0.3) is 0 Å². The molecular formula is C57H92O10. The first-order valence-corrected chi connectivity index (χ1v) is 24.8. The normalized spacial score (nSPS) is 20.5. The van der Waals surface area contributed by atoms with Crippen LogP contribution in [0.3, 0.4) is 0 Å². The average molecular weight is 937 g/mol. The van der Waals surface area contributed by atoms with Crippen LogP contribution in [-0.4, -0.2) is 74.4 Å². The molecule has 67 heavy (non-hydrogen) atoms. The number of hydrogen-bond donors (Lipinski definition) is 2. The van der Waals surface area contributed by atoms with E-state index in [1.165, 1.54) is 0 Å². The van der Waals surface area contributed by atoms with Crippen molar-refractivity contribution in [2.45, 2.75) is 211 Å². The topological polar surface area (TPSA) is 130 Å². The maximum absolute atomic E-state index is 13.2. The number of hydrogen-bond acceptors (Lipinski definition) is 10. The van der Waals surface area contributed by atoms with E-state index in [0.717, 1.165) is 46.2 Å². The molecule has 10 heteroatoms. The van der Waals surface area contributed by atoms with Crippen LogP contribution < -0.4 is 0 Å². The third kappa shape index (κ3) is 15.4. The maximum Gasteiger partial charge on any atom is 0.306 e. The smallest absolute Gasteiger partial charge is 0.306 e. The van der Waals surface area contributed by atoms with Crippen LogP contribution >= 0.6 is 0 Å². The van der Waals surface area contributed by atoms with E-state index in [1.807, 2.05) is 39.8 Å². The second kappa shape index (κ2) is 20.3. The van der Waals surface area contributed by atoms with Crippen molar-refractivity contribution in [3.8, 4) is 11.5 Å². The lowest BCUT2D eigenvalue weighted by molar-refractivity contribution is -0.337. The van der Waals surface area contributed by atoms with Crippen LogP contribution in [0.1, 0.15) is 198 Å². The molecule has 0 unspecified atom stereocenters. The van der Waals surface area contributed by atoms with E-state index in [0.29, 0.717) is 50.8 Å². The Balaban J connectivity index is 1.26. The van der Waals surface area contributed by atoms with Crippen LogP contribution in [0.4, 0.5) is 0 Å². The van der Waals surface area contributed by atoms with Gasteiger partial charge in [-0.2, -0.15) is 0 Å². The van der Waals surface area contributed by atoms with E-state index in [4.69, 9.17) is 28.4 Å². The SMILES string of the molecule is CC(C)(C)CC(C)(C)c1cc(CCC(=O)OCC(C)(C)C2OCC3(CO2)COC(C(C)(C)COC(=O)CCc2cc(C(C)(C)C)c(O)c(C(C)(C)CC(C)(C)C)c2)OC3)cc(C(C)(C)C)c1O. The third-order valence-electron chi connectivity index (χ3n) is 13.2. The van der Waals surface area contributed by atoms with Gasteiger partial charge in [-0.15, -0.1) is 0 Å². The predicted octanol–water partition coefficient (Wildman–Crippen LogP) is 12.6. The minimum Gasteiger partial charge on any atom is -0.507 e. The Bertz CT molecular complexity index is 1860. The standard InChI is InChI=1S/C57H92O10/c1-49(2,3)29-53(13,14)41-27-37(25-39(45(41)60)51(7,8)9)21-23-43(58)62-31-55(17,18)47-64-33-57(34-65-47)35-66-48(67-36-57)56(19,20)32-63-44(59)24-22-38-26-40(52(10,11)12)46(61)42(28-38)54(15,16)30-50(4,5)6/h25-28,47-48,60-61H,21-24,29-36H2,1-20H3. The highest BCUT2D eigenvalue weighted by Crippen LogP contribution is 2.47. The minimum atomic E-state index is -0.619. The molecule has 0 radical (unpaired) electrons. The summed E-state index contributed by atoms with van der Waals surface area (Å²) >= 11 is 0. The summed E-state index contributed by atoms with van der Waals surface area (Å²) in [6.07, 6.45) is 2.01. The fourth-order valence-electron chi connectivity index (χ4n) is 10.3. The Morgan fingerprint density at radius 3 is 1.06 bits per heavy atom. The summed E-state index contributed by atoms with van der Waals surface area (Å²) in [5, 5.41) is 23.0. The second-order valence-corrected chi connectivity index (χ2v) is 27.5. The molecule has 0 aliphatic carbocycles. The second-order valence-electron chi connectivity index (χ2n) is 27.5. The van der Waals surface area contributed by atoms with Crippen molar-refractivity contribution in [2.75, 3.05) is 39.6 Å². The van der Waals surface area contributed by atoms with Crippen LogP contribution in [0.25, 0.3) is 0 Å². The van der Waals surface area contributed by atoms with E-state index >= 15 is 0 Å². The number of phenols is 2. The molecule has 2 aliphatic rings. The summed E-state index contributed by atoms with van der Waals surface area (Å²) in [6, 6.07) is 8.21. The van der Waals surface area contributed by atoms with Crippen LogP contribution in [0.15, 0.2) is 24.3 Å². The van der Waals surface area contributed by atoms with Gasteiger partial charge in [-0.05, 0) is 80.4 Å². The monoisotopic (exact) mass is 937 g/mol. The molecule has 2 aliphatic heterocycles. The first kappa shape index (κ1) is 56.4. The highest BCUT2D eigenvalue weighted by molar-refractivity contribution is 5.70. The van der Waals surface area contributed by atoms with Gasteiger partial charge in [-0.25, -0.2) is 0 Å². The van der Waals surface area contributed by atoms with Crippen molar-refractivity contribution in [3.05, 3.63) is 57.6 Å². The van der Waals surface area contributed by atoms with Gasteiger partial charge in [0.2, 0.25) is 0 Å². The zero-order chi connectivity index (χ0) is 51.0. The number of carbonyl (C=O) groups excluding carboxylic acids is 2. The van der Waals surface area contributed by atoms with E-state index in [-0.39, 0.29) is 70.5 Å². The molecule has 2 fully saturated rings. The number of rotatable bonds is 16. The van der Waals surface area contributed by atoms with Crippen molar-refractivity contribution in [1.29, 1.82) is 0 Å². The molecule has 2 aromatic carbocycles. The fourth-order valence-corrected chi connectivity index (χ4v) is 10.3. The molecule has 2 aromatic rings. The quantitative estimate of drug-likeness (QED) is 0.157. The van der Waals surface area contributed by atoms with Crippen LogP contribution in [0.2, 0.25) is 0 Å². The number of phenolic OH excluding ortho intramolecular Hbond substituents is 2. The molecule has 0 bridgehead atoms. The largest absolute Gasteiger partial charge is 0.507 e. The Morgan fingerprint density at radius 1 is 0.507 bits per heavy atom. The zero-order valence-corrected chi connectivity index (χ0v) is 45.6. The molecule has 0 saturated carbocycles. The Labute approximate surface area is 405 Å². The molecule has 0 amide bonds. The summed E-state index contributed by atoms with van der Waals surface area (Å²) in [5.74, 6) is 0.0883. The van der Waals surface area contributed by atoms with E-state index in [2.05, 4.69) is 123 Å². The van der Waals surface area contributed by atoms with Gasteiger partial charge in [-0.3, -0.25) is 9.59 Å². The van der Waals surface area contributed by atoms with Crippen LogP contribution in [0.5, 0.6) is 11.5 Å². The van der Waals surface area contributed by atoms with Gasteiger partial charge < -0.3 is 38.6 Å². The van der Waals surface area contributed by atoms with Crippen molar-refractivity contribution in [3.63, 3.8) is 0 Å². The third-order valence-corrected chi connectivity index (χ3v) is 13.2. The molecule has 10 nitrogen and oxygen atoms in total. The summed E-state index contributed by atoms with van der Waals surface area (Å²) in [7, 11) is 0. The van der Waals surface area contributed by atoms with Gasteiger partial charge in [0.05, 0.1) is 31.8 Å². The Kier molecular flexibility index (Phi) is 17.1. The molecule has 2 heterocycles. The Hall–Kier alpha value is -3.18. The highest BCUT2D eigenvalue weighted by Gasteiger charge is 2.48.